The highest BCUT2D eigenvalue weighted by atomic mass is 32.2. The highest BCUT2D eigenvalue weighted by Gasteiger charge is 2.21. The van der Waals surface area contributed by atoms with E-state index in [9.17, 15) is 13.2 Å². The molecule has 3 aromatic rings. The van der Waals surface area contributed by atoms with Crippen molar-refractivity contribution < 1.29 is 18.0 Å². The molecule has 162 valence electrons. The number of carbonyl (C=O) groups excluding carboxylic acids is 1. The molecular weight excluding hydrogens is 412 g/mol. The number of rotatable bonds is 9. The van der Waals surface area contributed by atoms with Crippen molar-refractivity contribution in [3.63, 3.8) is 0 Å². The van der Waals surface area contributed by atoms with Crippen LogP contribution in [0.1, 0.15) is 33.8 Å². The molecule has 0 heterocycles. The third-order valence-corrected chi connectivity index (χ3v) is 6.83. The minimum Gasteiger partial charge on any atom is -0.352 e. The lowest BCUT2D eigenvalue weighted by atomic mass is 9.88. The van der Waals surface area contributed by atoms with Crippen molar-refractivity contribution in [2.24, 2.45) is 0 Å². The third-order valence-electron chi connectivity index (χ3n) is 5.13. The Bertz CT molecular complexity index is 1050. The van der Waals surface area contributed by atoms with Crippen LogP contribution in [0.15, 0.2) is 89.8 Å². The molecule has 0 spiro atoms. The first-order chi connectivity index (χ1) is 14.9. The zero-order valence-corrected chi connectivity index (χ0v) is 18.4. The number of sulfonamides is 1. The maximum absolute atomic E-state index is 12.6. The van der Waals surface area contributed by atoms with Gasteiger partial charge in [-0.2, -0.15) is 0 Å². The van der Waals surface area contributed by atoms with Gasteiger partial charge in [0.15, 0.2) is 0 Å². The van der Waals surface area contributed by atoms with E-state index in [-0.39, 0.29) is 16.7 Å². The van der Waals surface area contributed by atoms with Crippen LogP contribution in [0.5, 0.6) is 0 Å². The van der Waals surface area contributed by atoms with E-state index in [4.69, 9.17) is 4.84 Å². The van der Waals surface area contributed by atoms with Crippen LogP contribution in [0.3, 0.4) is 0 Å². The molecule has 7 heteroatoms. The number of nitrogens with one attached hydrogen (secondary N) is 1. The molecule has 1 N–H and O–H groups in total. The molecule has 0 radical (unpaired) electrons. The van der Waals surface area contributed by atoms with E-state index in [0.29, 0.717) is 12.1 Å². The van der Waals surface area contributed by atoms with Gasteiger partial charge in [0.1, 0.15) is 0 Å². The fourth-order valence-corrected chi connectivity index (χ4v) is 4.33. The van der Waals surface area contributed by atoms with Crippen LogP contribution in [0, 0.1) is 0 Å². The fourth-order valence-electron chi connectivity index (χ4n) is 3.35. The van der Waals surface area contributed by atoms with Gasteiger partial charge < -0.3 is 5.32 Å². The topological polar surface area (TPSA) is 75.7 Å². The average molecular weight is 439 g/mol. The Hall–Kier alpha value is -3.00. The summed E-state index contributed by atoms with van der Waals surface area (Å²) >= 11 is 0. The summed E-state index contributed by atoms with van der Waals surface area (Å²) in [5, 5.41) is 2.94. The Labute approximate surface area is 183 Å². The van der Waals surface area contributed by atoms with Crippen molar-refractivity contribution in [3.05, 3.63) is 102 Å². The molecule has 0 saturated carbocycles. The Morgan fingerprint density at radius 2 is 1.42 bits per heavy atom. The van der Waals surface area contributed by atoms with Gasteiger partial charge in [0.05, 0.1) is 12.0 Å². The lowest BCUT2D eigenvalue weighted by molar-refractivity contribution is -0.0258. The molecule has 0 aromatic heterocycles. The lowest BCUT2D eigenvalue weighted by Crippen LogP contribution is -2.27. The van der Waals surface area contributed by atoms with Gasteiger partial charge in [0, 0.05) is 25.1 Å². The van der Waals surface area contributed by atoms with Crippen LogP contribution in [-0.2, 0) is 14.9 Å². The molecule has 31 heavy (non-hydrogen) atoms. The maximum atomic E-state index is 12.6. The minimum absolute atomic E-state index is 0.0571. The van der Waals surface area contributed by atoms with Gasteiger partial charge in [-0.15, -0.1) is 0 Å². The summed E-state index contributed by atoms with van der Waals surface area (Å²) in [4.78, 5) is 17.4. The van der Waals surface area contributed by atoms with Gasteiger partial charge in [-0.1, -0.05) is 65.1 Å². The van der Waals surface area contributed by atoms with Crippen LogP contribution < -0.4 is 5.32 Å². The number of hydroxylamine groups is 1. The van der Waals surface area contributed by atoms with E-state index < -0.39 is 10.0 Å². The van der Waals surface area contributed by atoms with Crippen LogP contribution in [0.4, 0.5) is 0 Å². The SMILES string of the molecule is CON(C)S(=O)(=O)c1ccc(C(=O)NCCC(c2ccccc2)c2ccccc2)cc1. The minimum atomic E-state index is -3.74. The fraction of sp³-hybridized carbons (Fsp3) is 0.208. The summed E-state index contributed by atoms with van der Waals surface area (Å²) in [5.41, 5.74) is 2.79. The summed E-state index contributed by atoms with van der Waals surface area (Å²) in [6.45, 7) is 0.486. The molecule has 0 fully saturated rings. The molecule has 0 atom stereocenters. The highest BCUT2D eigenvalue weighted by Crippen LogP contribution is 2.27. The van der Waals surface area contributed by atoms with Crippen molar-refractivity contribution in [1.82, 2.24) is 9.79 Å². The van der Waals surface area contributed by atoms with Crippen LogP contribution in [0.25, 0.3) is 0 Å². The third kappa shape index (κ3) is 5.58. The normalized spacial score (nSPS) is 11.6. The Balaban J connectivity index is 1.66. The molecule has 1 amide bonds. The second-order valence-electron chi connectivity index (χ2n) is 7.04. The van der Waals surface area contributed by atoms with Crippen molar-refractivity contribution in [2.45, 2.75) is 17.2 Å². The van der Waals surface area contributed by atoms with Crippen molar-refractivity contribution in [3.8, 4) is 0 Å². The first-order valence-electron chi connectivity index (χ1n) is 9.94. The average Bonchev–Trinajstić information content (AvgIpc) is 2.82. The number of benzene rings is 3. The second kappa shape index (κ2) is 10.3. The lowest BCUT2D eigenvalue weighted by Gasteiger charge is -2.18. The molecular formula is C24H26N2O4S. The number of hydrogen-bond donors (Lipinski definition) is 1. The molecule has 3 rings (SSSR count). The standard InChI is InChI=1S/C24H26N2O4S/c1-26(30-2)31(28,29)22-15-13-21(14-16-22)24(27)25-18-17-23(19-9-5-3-6-10-19)20-11-7-4-8-12-20/h3-16,23H,17-18H2,1-2H3,(H,25,27). The number of hydrogen-bond acceptors (Lipinski definition) is 4. The molecule has 0 bridgehead atoms. The zero-order valence-electron chi connectivity index (χ0n) is 17.6. The molecule has 6 nitrogen and oxygen atoms in total. The molecule has 0 aliphatic carbocycles. The Morgan fingerprint density at radius 3 is 1.90 bits per heavy atom. The number of nitrogens with zero attached hydrogens (tertiary/aromatic N) is 1. The Morgan fingerprint density at radius 1 is 0.903 bits per heavy atom. The monoisotopic (exact) mass is 438 g/mol. The van der Waals surface area contributed by atoms with Gasteiger partial charge in [0.25, 0.3) is 15.9 Å². The van der Waals surface area contributed by atoms with Gasteiger partial charge in [-0.05, 0) is 41.8 Å². The zero-order chi connectivity index (χ0) is 22.3. The van der Waals surface area contributed by atoms with Crippen molar-refractivity contribution >= 4 is 15.9 Å². The van der Waals surface area contributed by atoms with Crippen molar-refractivity contribution in [1.29, 1.82) is 0 Å². The summed E-state index contributed by atoms with van der Waals surface area (Å²) in [7, 11) is -1.15. The number of amides is 1. The predicted molar refractivity (Wildman–Crippen MR) is 120 cm³/mol. The van der Waals surface area contributed by atoms with Gasteiger partial charge >= 0.3 is 0 Å². The van der Waals surface area contributed by atoms with Crippen LogP contribution in [0.2, 0.25) is 0 Å². The van der Waals surface area contributed by atoms with E-state index in [1.807, 2.05) is 36.4 Å². The van der Waals surface area contributed by atoms with Crippen molar-refractivity contribution in [2.75, 3.05) is 20.7 Å². The number of carbonyl (C=O) groups is 1. The van der Waals surface area contributed by atoms with Gasteiger partial charge in [0.2, 0.25) is 0 Å². The summed E-state index contributed by atoms with van der Waals surface area (Å²) < 4.78 is 25.3. The van der Waals surface area contributed by atoms with E-state index in [1.165, 1.54) is 49.5 Å². The quantitative estimate of drug-likeness (QED) is 0.516. The van der Waals surface area contributed by atoms with Crippen LogP contribution >= 0.6 is 0 Å². The Kier molecular flexibility index (Phi) is 7.57. The molecule has 0 unspecified atom stereocenters. The predicted octanol–water partition coefficient (Wildman–Crippen LogP) is 3.82. The summed E-state index contributed by atoms with van der Waals surface area (Å²) in [6.07, 6.45) is 0.741. The maximum Gasteiger partial charge on any atom is 0.264 e. The first-order valence-corrected chi connectivity index (χ1v) is 11.4. The van der Waals surface area contributed by atoms with E-state index in [1.54, 1.807) is 0 Å². The van der Waals surface area contributed by atoms with E-state index in [2.05, 4.69) is 29.6 Å². The van der Waals surface area contributed by atoms with E-state index >= 15 is 0 Å². The largest absolute Gasteiger partial charge is 0.352 e. The summed E-state index contributed by atoms with van der Waals surface area (Å²) in [6, 6.07) is 26.2. The second-order valence-corrected chi connectivity index (χ2v) is 8.98. The first kappa shape index (κ1) is 22.7. The summed E-state index contributed by atoms with van der Waals surface area (Å²) in [5.74, 6) is -0.0799. The molecule has 0 aliphatic heterocycles. The molecule has 0 aliphatic rings. The van der Waals surface area contributed by atoms with Gasteiger partial charge in [-0.25, -0.2) is 8.42 Å². The van der Waals surface area contributed by atoms with E-state index in [0.717, 1.165) is 10.9 Å². The molecule has 3 aromatic carbocycles. The highest BCUT2D eigenvalue weighted by molar-refractivity contribution is 7.89. The van der Waals surface area contributed by atoms with Gasteiger partial charge in [-0.3, -0.25) is 9.63 Å². The van der Waals surface area contributed by atoms with Crippen LogP contribution in [-0.4, -0.2) is 39.5 Å². The smallest absolute Gasteiger partial charge is 0.264 e. The molecule has 0 saturated heterocycles.